The van der Waals surface area contributed by atoms with Crippen LogP contribution in [-0.4, -0.2) is 5.78 Å². The molecule has 5 rings (SSSR count). The molecule has 5 aromatic rings. The zero-order chi connectivity index (χ0) is 17.5. The van der Waals surface area contributed by atoms with Crippen LogP contribution in [0.2, 0.25) is 0 Å². The van der Waals surface area contributed by atoms with E-state index in [9.17, 15) is 4.79 Å². The Labute approximate surface area is 151 Å². The monoisotopic (exact) mass is 332 g/mol. The molecule has 0 aromatic heterocycles. The summed E-state index contributed by atoms with van der Waals surface area (Å²) in [5.74, 6) is 0.0661. The van der Waals surface area contributed by atoms with Crippen molar-refractivity contribution in [2.45, 2.75) is 0 Å². The van der Waals surface area contributed by atoms with Crippen molar-refractivity contribution in [3.8, 4) is 0 Å². The van der Waals surface area contributed by atoms with E-state index in [0.29, 0.717) is 0 Å². The normalized spacial score (nSPS) is 11.2. The topological polar surface area (TPSA) is 17.1 Å². The van der Waals surface area contributed by atoms with Crippen LogP contribution >= 0.6 is 0 Å². The predicted molar refractivity (Wildman–Crippen MR) is 109 cm³/mol. The Morgan fingerprint density at radius 1 is 0.462 bits per heavy atom. The summed E-state index contributed by atoms with van der Waals surface area (Å²) in [4.78, 5) is 13.0. The number of carbonyl (C=O) groups excluding carboxylic acids is 1. The standard InChI is InChI=1S/C25H16O/c26-25(18-8-2-1-3-9-18)24-12-6-11-20-22-14-13-17-7-4-5-10-19(17)21(22)15-16-23(20)24/h1-16H. The van der Waals surface area contributed by atoms with Gasteiger partial charge < -0.3 is 0 Å². The van der Waals surface area contributed by atoms with Gasteiger partial charge in [-0.05, 0) is 32.3 Å². The first-order valence-corrected chi connectivity index (χ1v) is 8.76. The molecule has 0 fully saturated rings. The average molecular weight is 332 g/mol. The Morgan fingerprint density at radius 2 is 1.08 bits per heavy atom. The lowest BCUT2D eigenvalue weighted by molar-refractivity contribution is 0.104. The number of carbonyl (C=O) groups is 1. The van der Waals surface area contributed by atoms with Crippen molar-refractivity contribution in [2.75, 3.05) is 0 Å². The number of benzene rings is 5. The summed E-state index contributed by atoms with van der Waals surface area (Å²) in [6, 6.07) is 32.4. The van der Waals surface area contributed by atoms with Gasteiger partial charge in [-0.3, -0.25) is 4.79 Å². The maximum atomic E-state index is 13.0. The van der Waals surface area contributed by atoms with Gasteiger partial charge in [0.1, 0.15) is 0 Å². The summed E-state index contributed by atoms with van der Waals surface area (Å²) in [6.45, 7) is 0. The largest absolute Gasteiger partial charge is 0.289 e. The summed E-state index contributed by atoms with van der Waals surface area (Å²) in [7, 11) is 0. The van der Waals surface area contributed by atoms with Crippen LogP contribution in [0.3, 0.4) is 0 Å². The molecule has 0 N–H and O–H groups in total. The summed E-state index contributed by atoms with van der Waals surface area (Å²) < 4.78 is 0. The van der Waals surface area contributed by atoms with E-state index >= 15 is 0 Å². The van der Waals surface area contributed by atoms with Crippen molar-refractivity contribution < 1.29 is 4.79 Å². The van der Waals surface area contributed by atoms with Gasteiger partial charge >= 0.3 is 0 Å². The van der Waals surface area contributed by atoms with E-state index in [-0.39, 0.29) is 5.78 Å². The molecule has 0 amide bonds. The summed E-state index contributed by atoms with van der Waals surface area (Å²) in [5, 5.41) is 7.01. The Balaban J connectivity index is 1.81. The molecule has 122 valence electrons. The minimum atomic E-state index is 0.0661. The zero-order valence-electron chi connectivity index (χ0n) is 14.1. The van der Waals surface area contributed by atoms with Crippen molar-refractivity contribution in [2.24, 2.45) is 0 Å². The Morgan fingerprint density at radius 3 is 1.96 bits per heavy atom. The summed E-state index contributed by atoms with van der Waals surface area (Å²) in [6.07, 6.45) is 0. The van der Waals surface area contributed by atoms with E-state index in [0.717, 1.165) is 21.9 Å². The second-order valence-electron chi connectivity index (χ2n) is 6.54. The van der Waals surface area contributed by atoms with E-state index in [2.05, 4.69) is 54.6 Å². The van der Waals surface area contributed by atoms with Crippen molar-refractivity contribution >= 4 is 38.1 Å². The van der Waals surface area contributed by atoms with Gasteiger partial charge in [0.2, 0.25) is 0 Å². The lowest BCUT2D eigenvalue weighted by Crippen LogP contribution is -2.01. The highest BCUT2D eigenvalue weighted by molar-refractivity contribution is 6.23. The lowest BCUT2D eigenvalue weighted by atomic mass is 9.92. The van der Waals surface area contributed by atoms with Crippen molar-refractivity contribution in [1.82, 2.24) is 0 Å². The second-order valence-corrected chi connectivity index (χ2v) is 6.54. The summed E-state index contributed by atoms with van der Waals surface area (Å²) in [5.41, 5.74) is 1.47. The van der Waals surface area contributed by atoms with Crippen LogP contribution in [0, 0.1) is 0 Å². The first-order chi connectivity index (χ1) is 12.8. The Kier molecular flexibility index (Phi) is 3.32. The second kappa shape index (κ2) is 5.82. The quantitative estimate of drug-likeness (QED) is 0.271. The fraction of sp³-hybridized carbons (Fsp3) is 0. The van der Waals surface area contributed by atoms with Gasteiger partial charge in [-0.2, -0.15) is 0 Å². The molecule has 0 aliphatic carbocycles. The zero-order valence-corrected chi connectivity index (χ0v) is 14.1. The van der Waals surface area contributed by atoms with Gasteiger partial charge in [-0.1, -0.05) is 97.1 Å². The minimum absolute atomic E-state index is 0.0661. The average Bonchev–Trinajstić information content (AvgIpc) is 2.73. The van der Waals surface area contributed by atoms with E-state index in [1.165, 1.54) is 21.5 Å². The number of ketones is 1. The van der Waals surface area contributed by atoms with Gasteiger partial charge in [0.15, 0.2) is 5.78 Å². The first kappa shape index (κ1) is 14.9. The number of rotatable bonds is 2. The lowest BCUT2D eigenvalue weighted by Gasteiger charge is -2.10. The molecule has 0 heterocycles. The molecule has 5 aromatic carbocycles. The van der Waals surface area contributed by atoms with Gasteiger partial charge in [0.25, 0.3) is 0 Å². The van der Waals surface area contributed by atoms with Gasteiger partial charge in [0.05, 0.1) is 0 Å². The van der Waals surface area contributed by atoms with Crippen LogP contribution in [0.25, 0.3) is 32.3 Å². The number of hydrogen-bond donors (Lipinski definition) is 0. The van der Waals surface area contributed by atoms with Crippen LogP contribution < -0.4 is 0 Å². The van der Waals surface area contributed by atoms with E-state index in [1.807, 2.05) is 42.5 Å². The van der Waals surface area contributed by atoms with Crippen LogP contribution in [0.4, 0.5) is 0 Å². The number of fused-ring (bicyclic) bond motifs is 5. The Bertz CT molecular complexity index is 1280. The van der Waals surface area contributed by atoms with Gasteiger partial charge in [-0.15, -0.1) is 0 Å². The maximum absolute atomic E-state index is 13.0. The Hall–Kier alpha value is -3.45. The maximum Gasteiger partial charge on any atom is 0.193 e. The van der Waals surface area contributed by atoms with Crippen molar-refractivity contribution in [3.63, 3.8) is 0 Å². The van der Waals surface area contributed by atoms with E-state index < -0.39 is 0 Å². The molecule has 0 unspecified atom stereocenters. The molecule has 0 radical (unpaired) electrons. The molecule has 26 heavy (non-hydrogen) atoms. The molecule has 0 saturated heterocycles. The van der Waals surface area contributed by atoms with E-state index in [4.69, 9.17) is 0 Å². The smallest absolute Gasteiger partial charge is 0.193 e. The highest BCUT2D eigenvalue weighted by Gasteiger charge is 2.13. The molecule has 0 aliphatic heterocycles. The molecule has 0 spiro atoms. The fourth-order valence-corrected chi connectivity index (χ4v) is 3.80. The van der Waals surface area contributed by atoms with E-state index in [1.54, 1.807) is 0 Å². The molecular weight excluding hydrogens is 316 g/mol. The fourth-order valence-electron chi connectivity index (χ4n) is 3.80. The summed E-state index contributed by atoms with van der Waals surface area (Å²) >= 11 is 0. The van der Waals surface area contributed by atoms with Gasteiger partial charge in [-0.25, -0.2) is 0 Å². The predicted octanol–water partition coefficient (Wildman–Crippen LogP) is 6.38. The molecule has 0 aliphatic rings. The van der Waals surface area contributed by atoms with Crippen LogP contribution in [-0.2, 0) is 0 Å². The molecule has 1 nitrogen and oxygen atoms in total. The molecular formula is C25H16O. The number of hydrogen-bond acceptors (Lipinski definition) is 1. The van der Waals surface area contributed by atoms with Crippen LogP contribution in [0.15, 0.2) is 97.1 Å². The molecule has 1 heteroatoms. The van der Waals surface area contributed by atoms with Crippen LogP contribution in [0.5, 0.6) is 0 Å². The highest BCUT2D eigenvalue weighted by Crippen LogP contribution is 2.33. The van der Waals surface area contributed by atoms with Crippen LogP contribution in [0.1, 0.15) is 15.9 Å². The third-order valence-corrected chi connectivity index (χ3v) is 5.06. The molecule has 0 atom stereocenters. The first-order valence-electron chi connectivity index (χ1n) is 8.76. The third-order valence-electron chi connectivity index (χ3n) is 5.06. The third kappa shape index (κ3) is 2.21. The van der Waals surface area contributed by atoms with Crippen molar-refractivity contribution in [3.05, 3.63) is 108 Å². The SMILES string of the molecule is O=C(c1ccccc1)c1cccc2c1ccc1c3ccccc3ccc21. The molecule has 0 bridgehead atoms. The van der Waals surface area contributed by atoms with Gasteiger partial charge in [0, 0.05) is 11.1 Å². The minimum Gasteiger partial charge on any atom is -0.289 e. The molecule has 0 saturated carbocycles. The highest BCUT2D eigenvalue weighted by atomic mass is 16.1. The van der Waals surface area contributed by atoms with Crippen molar-refractivity contribution in [1.29, 1.82) is 0 Å².